The van der Waals surface area contributed by atoms with Gasteiger partial charge in [-0.05, 0) is 26.2 Å². The lowest BCUT2D eigenvalue weighted by Gasteiger charge is -2.30. The van der Waals surface area contributed by atoms with Crippen LogP contribution in [0, 0.1) is 0 Å². The monoisotopic (exact) mass is 278 g/mol. The summed E-state index contributed by atoms with van der Waals surface area (Å²) in [5.74, 6) is 0.0198. The number of carbonyl (C=O) groups excluding carboxylic acids is 1. The molecule has 0 aromatic rings. The van der Waals surface area contributed by atoms with Gasteiger partial charge in [-0.1, -0.05) is 0 Å². The topological polar surface area (TPSA) is 59.6 Å². The summed E-state index contributed by atoms with van der Waals surface area (Å²) < 4.78 is 11.0. The van der Waals surface area contributed by atoms with Gasteiger partial charge < -0.3 is 20.1 Å². The molecule has 0 bridgehead atoms. The van der Waals surface area contributed by atoms with Crippen LogP contribution in [-0.2, 0) is 14.3 Å². The Morgan fingerprint density at radius 1 is 1.33 bits per heavy atom. The smallest absolute Gasteiger partial charge is 0.239 e. The summed E-state index contributed by atoms with van der Waals surface area (Å²) in [5.41, 5.74) is 0. The fourth-order valence-electron chi connectivity index (χ4n) is 2.32. The minimum Gasteiger partial charge on any atom is -0.376 e. The van der Waals surface area contributed by atoms with Gasteiger partial charge in [0, 0.05) is 19.7 Å². The summed E-state index contributed by atoms with van der Waals surface area (Å²) >= 11 is 0. The van der Waals surface area contributed by atoms with Gasteiger partial charge in [0.1, 0.15) is 6.04 Å². The lowest BCUT2D eigenvalue weighted by molar-refractivity contribution is -0.129. The fourth-order valence-corrected chi connectivity index (χ4v) is 2.32. The summed E-state index contributed by atoms with van der Waals surface area (Å²) in [6.45, 7) is 4.78. The van der Waals surface area contributed by atoms with Gasteiger partial charge in [0.2, 0.25) is 5.91 Å². The van der Waals surface area contributed by atoms with Gasteiger partial charge in [0.05, 0.1) is 18.8 Å². The molecule has 0 aromatic carbocycles. The standard InChI is InChI=1S/C12H22N2O3.ClH/c1-9-11(13-5-7-16-9)12(15)14-8-10-4-2-3-6-17-10;/h9-11,13H,2-8H2,1H3,(H,14,15);1H/t9-,10?,11+;/m1./s1. The SMILES string of the molecule is C[C@H]1OCCN[C@@H]1C(=O)NCC1CCCCO1.Cl. The number of carbonyl (C=O) groups is 1. The maximum Gasteiger partial charge on any atom is 0.239 e. The van der Waals surface area contributed by atoms with Crippen LogP contribution in [0.1, 0.15) is 26.2 Å². The van der Waals surface area contributed by atoms with Crippen molar-refractivity contribution in [3.8, 4) is 0 Å². The predicted molar refractivity (Wildman–Crippen MR) is 71.1 cm³/mol. The summed E-state index contributed by atoms with van der Waals surface area (Å²) in [7, 11) is 0. The second-order valence-corrected chi connectivity index (χ2v) is 4.74. The average Bonchev–Trinajstić information content (AvgIpc) is 2.38. The molecule has 2 rings (SSSR count). The second kappa shape index (κ2) is 7.94. The van der Waals surface area contributed by atoms with Crippen molar-refractivity contribution in [1.29, 1.82) is 0 Å². The lowest BCUT2D eigenvalue weighted by Crippen LogP contribution is -2.56. The van der Waals surface area contributed by atoms with Gasteiger partial charge in [-0.25, -0.2) is 0 Å². The van der Waals surface area contributed by atoms with E-state index in [2.05, 4.69) is 10.6 Å². The largest absolute Gasteiger partial charge is 0.376 e. The van der Waals surface area contributed by atoms with E-state index in [0.717, 1.165) is 26.0 Å². The molecule has 2 fully saturated rings. The molecule has 0 aliphatic carbocycles. The number of ether oxygens (including phenoxy) is 2. The van der Waals surface area contributed by atoms with Crippen LogP contribution in [-0.4, -0.2) is 50.5 Å². The van der Waals surface area contributed by atoms with Crippen molar-refractivity contribution in [2.24, 2.45) is 0 Å². The van der Waals surface area contributed by atoms with Crippen LogP contribution in [0.2, 0.25) is 0 Å². The van der Waals surface area contributed by atoms with Crippen molar-refractivity contribution >= 4 is 18.3 Å². The zero-order valence-corrected chi connectivity index (χ0v) is 11.6. The quantitative estimate of drug-likeness (QED) is 0.788. The summed E-state index contributed by atoms with van der Waals surface area (Å²) in [6, 6.07) is -0.229. The van der Waals surface area contributed by atoms with Crippen molar-refractivity contribution in [3.63, 3.8) is 0 Å². The van der Waals surface area contributed by atoms with E-state index in [1.165, 1.54) is 6.42 Å². The first-order chi connectivity index (χ1) is 8.27. The lowest BCUT2D eigenvalue weighted by atomic mass is 10.1. The maximum absolute atomic E-state index is 11.9. The van der Waals surface area contributed by atoms with Gasteiger partial charge in [-0.3, -0.25) is 4.79 Å². The van der Waals surface area contributed by atoms with Crippen LogP contribution in [0.25, 0.3) is 0 Å². The first-order valence-corrected chi connectivity index (χ1v) is 6.51. The molecule has 2 aliphatic rings. The van der Waals surface area contributed by atoms with E-state index in [1.54, 1.807) is 0 Å². The molecule has 2 heterocycles. The number of rotatable bonds is 3. The van der Waals surface area contributed by atoms with Crippen molar-refractivity contribution in [2.75, 3.05) is 26.3 Å². The van der Waals surface area contributed by atoms with Crippen LogP contribution in [0.4, 0.5) is 0 Å². The molecule has 0 aromatic heterocycles. The van der Waals surface area contributed by atoms with E-state index in [0.29, 0.717) is 13.2 Å². The summed E-state index contributed by atoms with van der Waals surface area (Å²) in [5, 5.41) is 6.12. The van der Waals surface area contributed by atoms with E-state index in [9.17, 15) is 4.79 Å². The first-order valence-electron chi connectivity index (χ1n) is 6.51. The second-order valence-electron chi connectivity index (χ2n) is 4.74. The molecular formula is C12H23ClN2O3. The highest BCUT2D eigenvalue weighted by molar-refractivity contribution is 5.85. The first kappa shape index (κ1) is 15.7. The molecule has 2 N–H and O–H groups in total. The minimum absolute atomic E-state index is 0. The van der Waals surface area contributed by atoms with E-state index in [1.807, 2.05) is 6.92 Å². The molecule has 0 saturated carbocycles. The average molecular weight is 279 g/mol. The van der Waals surface area contributed by atoms with Gasteiger partial charge in [-0.2, -0.15) is 0 Å². The molecule has 1 unspecified atom stereocenters. The van der Waals surface area contributed by atoms with Crippen molar-refractivity contribution < 1.29 is 14.3 Å². The third kappa shape index (κ3) is 4.39. The molecule has 0 spiro atoms. The zero-order valence-electron chi connectivity index (χ0n) is 10.8. The number of halogens is 1. The van der Waals surface area contributed by atoms with Gasteiger partial charge >= 0.3 is 0 Å². The molecule has 6 heteroatoms. The maximum atomic E-state index is 11.9. The van der Waals surface area contributed by atoms with Gasteiger partial charge in [0.15, 0.2) is 0 Å². The molecule has 2 saturated heterocycles. The molecular weight excluding hydrogens is 256 g/mol. The normalized spacial score (nSPS) is 32.4. The van der Waals surface area contributed by atoms with Crippen LogP contribution in [0.15, 0.2) is 0 Å². The number of morpholine rings is 1. The van der Waals surface area contributed by atoms with Crippen molar-refractivity contribution in [3.05, 3.63) is 0 Å². The third-order valence-electron chi connectivity index (χ3n) is 3.38. The van der Waals surface area contributed by atoms with Crippen LogP contribution < -0.4 is 10.6 Å². The molecule has 5 nitrogen and oxygen atoms in total. The molecule has 0 radical (unpaired) electrons. The van der Waals surface area contributed by atoms with E-state index in [-0.39, 0.29) is 36.6 Å². The fraction of sp³-hybridized carbons (Fsp3) is 0.917. The van der Waals surface area contributed by atoms with Gasteiger partial charge in [0.25, 0.3) is 0 Å². The zero-order chi connectivity index (χ0) is 12.1. The number of hydrogen-bond donors (Lipinski definition) is 2. The summed E-state index contributed by atoms with van der Waals surface area (Å²) in [4.78, 5) is 11.9. The predicted octanol–water partition coefficient (Wildman–Crippen LogP) is 0.470. The molecule has 1 amide bonds. The van der Waals surface area contributed by atoms with Crippen LogP contribution >= 0.6 is 12.4 Å². The molecule has 3 atom stereocenters. The Balaban J connectivity index is 0.00000162. The van der Waals surface area contributed by atoms with E-state index < -0.39 is 0 Å². The minimum atomic E-state index is -0.229. The number of amides is 1. The highest BCUT2D eigenvalue weighted by Gasteiger charge is 2.28. The number of nitrogens with one attached hydrogen (secondary N) is 2. The Morgan fingerprint density at radius 2 is 2.17 bits per heavy atom. The third-order valence-corrected chi connectivity index (χ3v) is 3.38. The molecule has 106 valence electrons. The highest BCUT2D eigenvalue weighted by atomic mass is 35.5. The number of hydrogen-bond acceptors (Lipinski definition) is 4. The summed E-state index contributed by atoms with van der Waals surface area (Å²) in [6.07, 6.45) is 3.51. The Kier molecular flexibility index (Phi) is 6.92. The van der Waals surface area contributed by atoms with Crippen molar-refractivity contribution in [2.45, 2.75) is 44.4 Å². The molecule has 2 aliphatic heterocycles. The van der Waals surface area contributed by atoms with Gasteiger partial charge in [-0.15, -0.1) is 12.4 Å². The van der Waals surface area contributed by atoms with Crippen LogP contribution in [0.3, 0.4) is 0 Å². The van der Waals surface area contributed by atoms with E-state index in [4.69, 9.17) is 9.47 Å². The Morgan fingerprint density at radius 3 is 2.83 bits per heavy atom. The molecule has 18 heavy (non-hydrogen) atoms. The highest BCUT2D eigenvalue weighted by Crippen LogP contribution is 2.12. The Hall–Kier alpha value is -0.360. The Labute approximate surface area is 114 Å². The Bertz CT molecular complexity index is 260. The van der Waals surface area contributed by atoms with Crippen molar-refractivity contribution in [1.82, 2.24) is 10.6 Å². The van der Waals surface area contributed by atoms with Crippen LogP contribution in [0.5, 0.6) is 0 Å². The van der Waals surface area contributed by atoms with E-state index >= 15 is 0 Å².